The normalized spacial score (nSPS) is 28.1. The quantitative estimate of drug-likeness (QED) is 0.698. The minimum atomic E-state index is 0.532. The van der Waals surface area contributed by atoms with Crippen molar-refractivity contribution in [3.63, 3.8) is 0 Å². The van der Waals surface area contributed by atoms with Gasteiger partial charge in [-0.05, 0) is 20.8 Å². The number of hydrogen-bond acceptors (Lipinski definition) is 3. The Balaban J connectivity index is 2.10. The van der Waals surface area contributed by atoms with Crippen LogP contribution in [0.15, 0.2) is 6.20 Å². The minimum Gasteiger partial charge on any atom is -0.339 e. The summed E-state index contributed by atoms with van der Waals surface area (Å²) in [6.07, 6.45) is 1.88. The highest BCUT2D eigenvalue weighted by Crippen LogP contribution is 2.13. The summed E-state index contributed by atoms with van der Waals surface area (Å²) in [6.45, 7) is 8.50. The Bertz CT molecular complexity index is 297. The minimum absolute atomic E-state index is 0.532. The highest BCUT2D eigenvalue weighted by Gasteiger charge is 2.22. The maximum atomic E-state index is 4.35. The zero-order valence-corrected chi connectivity index (χ0v) is 9.04. The van der Waals surface area contributed by atoms with Crippen LogP contribution in [0.3, 0.4) is 0 Å². The van der Waals surface area contributed by atoms with E-state index in [1.165, 1.54) is 0 Å². The van der Waals surface area contributed by atoms with E-state index < -0.39 is 0 Å². The molecule has 2 rings (SSSR count). The van der Waals surface area contributed by atoms with Crippen molar-refractivity contribution in [1.82, 2.24) is 15.3 Å². The number of aromatic amines is 1. The lowest BCUT2D eigenvalue weighted by Gasteiger charge is -2.35. The number of nitrogens with zero attached hydrogens (tertiary/aromatic N) is 2. The van der Waals surface area contributed by atoms with Crippen LogP contribution in [0, 0.1) is 6.92 Å². The van der Waals surface area contributed by atoms with E-state index in [-0.39, 0.29) is 0 Å². The Morgan fingerprint density at radius 3 is 2.50 bits per heavy atom. The highest BCUT2D eigenvalue weighted by molar-refractivity contribution is 5.32. The van der Waals surface area contributed by atoms with Crippen LogP contribution < -0.4 is 10.2 Å². The smallest absolute Gasteiger partial charge is 0.203 e. The summed E-state index contributed by atoms with van der Waals surface area (Å²) in [7, 11) is 0. The van der Waals surface area contributed by atoms with Crippen LogP contribution in [-0.4, -0.2) is 35.1 Å². The van der Waals surface area contributed by atoms with Crippen LogP contribution in [0.4, 0.5) is 5.95 Å². The second-order valence-corrected chi connectivity index (χ2v) is 4.26. The third-order valence-electron chi connectivity index (χ3n) is 2.55. The molecule has 0 bridgehead atoms. The molecule has 2 N–H and O–H groups in total. The van der Waals surface area contributed by atoms with Crippen molar-refractivity contribution in [1.29, 1.82) is 0 Å². The van der Waals surface area contributed by atoms with Gasteiger partial charge in [0, 0.05) is 37.1 Å². The third kappa shape index (κ3) is 1.90. The van der Waals surface area contributed by atoms with Gasteiger partial charge >= 0.3 is 0 Å². The van der Waals surface area contributed by atoms with Crippen LogP contribution in [0.2, 0.25) is 0 Å². The Labute approximate surface area is 84.7 Å². The lowest BCUT2D eigenvalue weighted by atomic mass is 10.1. The molecular formula is C10H18N4. The first-order chi connectivity index (χ1) is 6.65. The van der Waals surface area contributed by atoms with Crippen molar-refractivity contribution < 1.29 is 0 Å². The van der Waals surface area contributed by atoms with Gasteiger partial charge < -0.3 is 15.2 Å². The Morgan fingerprint density at radius 2 is 2.00 bits per heavy atom. The van der Waals surface area contributed by atoms with Gasteiger partial charge in [0.05, 0.1) is 0 Å². The lowest BCUT2D eigenvalue weighted by Crippen LogP contribution is -2.54. The molecule has 14 heavy (non-hydrogen) atoms. The molecule has 1 aliphatic rings. The van der Waals surface area contributed by atoms with Crippen molar-refractivity contribution >= 4 is 5.95 Å². The molecule has 2 heterocycles. The number of rotatable bonds is 1. The number of piperazine rings is 1. The van der Waals surface area contributed by atoms with Gasteiger partial charge in [-0.3, -0.25) is 0 Å². The van der Waals surface area contributed by atoms with Crippen LogP contribution in [0.5, 0.6) is 0 Å². The monoisotopic (exact) mass is 194 g/mol. The van der Waals surface area contributed by atoms with Crippen molar-refractivity contribution in [2.45, 2.75) is 32.9 Å². The van der Waals surface area contributed by atoms with Gasteiger partial charge in [-0.1, -0.05) is 0 Å². The SMILES string of the molecule is Cc1cnc(N2CC(C)NC(C)C2)[nH]1. The molecule has 1 aliphatic heterocycles. The van der Waals surface area contributed by atoms with Crippen LogP contribution in [-0.2, 0) is 0 Å². The van der Waals surface area contributed by atoms with Crippen LogP contribution in [0.1, 0.15) is 19.5 Å². The van der Waals surface area contributed by atoms with Crippen molar-refractivity contribution in [2.24, 2.45) is 0 Å². The molecule has 2 atom stereocenters. The zero-order valence-electron chi connectivity index (χ0n) is 9.04. The molecule has 1 fully saturated rings. The topological polar surface area (TPSA) is 44.0 Å². The predicted molar refractivity (Wildman–Crippen MR) is 57.6 cm³/mol. The largest absolute Gasteiger partial charge is 0.339 e. The second-order valence-electron chi connectivity index (χ2n) is 4.26. The molecule has 0 aliphatic carbocycles. The molecule has 0 aromatic carbocycles. The molecule has 1 aromatic rings. The third-order valence-corrected chi connectivity index (χ3v) is 2.55. The van der Waals surface area contributed by atoms with E-state index in [0.717, 1.165) is 24.7 Å². The molecule has 0 saturated carbocycles. The maximum Gasteiger partial charge on any atom is 0.203 e. The molecule has 1 saturated heterocycles. The second kappa shape index (κ2) is 3.61. The summed E-state index contributed by atoms with van der Waals surface area (Å²) >= 11 is 0. The van der Waals surface area contributed by atoms with E-state index in [1.807, 2.05) is 13.1 Å². The molecule has 0 amide bonds. The fourth-order valence-electron chi connectivity index (χ4n) is 2.06. The van der Waals surface area contributed by atoms with E-state index in [9.17, 15) is 0 Å². The molecule has 0 spiro atoms. The Morgan fingerprint density at radius 1 is 1.36 bits per heavy atom. The average molecular weight is 194 g/mol. The fraction of sp³-hybridized carbons (Fsp3) is 0.700. The predicted octanol–water partition coefficient (Wildman–Crippen LogP) is 0.905. The van der Waals surface area contributed by atoms with E-state index >= 15 is 0 Å². The van der Waals surface area contributed by atoms with Gasteiger partial charge in [0.1, 0.15) is 0 Å². The number of aryl methyl sites for hydroxylation is 1. The molecule has 78 valence electrons. The van der Waals surface area contributed by atoms with Crippen LogP contribution in [0.25, 0.3) is 0 Å². The number of anilines is 1. The number of hydrogen-bond donors (Lipinski definition) is 2. The zero-order chi connectivity index (χ0) is 10.1. The summed E-state index contributed by atoms with van der Waals surface area (Å²) < 4.78 is 0. The standard InChI is InChI=1S/C10H18N4/c1-7-4-11-10(13-7)14-5-8(2)12-9(3)6-14/h4,8-9,12H,5-6H2,1-3H3,(H,11,13). The number of H-pyrrole nitrogens is 1. The number of imidazole rings is 1. The lowest BCUT2D eigenvalue weighted by molar-refractivity contribution is 0.403. The van der Waals surface area contributed by atoms with Crippen molar-refractivity contribution in [3.8, 4) is 0 Å². The molecule has 1 aromatic heterocycles. The number of nitrogens with one attached hydrogen (secondary N) is 2. The van der Waals surface area contributed by atoms with Crippen molar-refractivity contribution in [3.05, 3.63) is 11.9 Å². The number of aromatic nitrogens is 2. The Hall–Kier alpha value is -1.03. The molecule has 0 radical (unpaired) electrons. The summed E-state index contributed by atoms with van der Waals surface area (Å²) in [5.74, 6) is 1.00. The van der Waals surface area contributed by atoms with Gasteiger partial charge in [-0.15, -0.1) is 0 Å². The first-order valence-corrected chi connectivity index (χ1v) is 5.18. The summed E-state index contributed by atoms with van der Waals surface area (Å²) in [5, 5.41) is 3.50. The van der Waals surface area contributed by atoms with Gasteiger partial charge in [0.2, 0.25) is 5.95 Å². The molecule has 4 heteroatoms. The highest BCUT2D eigenvalue weighted by atomic mass is 15.3. The molecular weight excluding hydrogens is 176 g/mol. The summed E-state index contributed by atoms with van der Waals surface area (Å²) in [6, 6.07) is 1.06. The van der Waals surface area contributed by atoms with Gasteiger partial charge in [-0.2, -0.15) is 0 Å². The van der Waals surface area contributed by atoms with Gasteiger partial charge in [0.15, 0.2) is 0 Å². The van der Waals surface area contributed by atoms with Gasteiger partial charge in [-0.25, -0.2) is 4.98 Å². The Kier molecular flexibility index (Phi) is 2.46. The average Bonchev–Trinajstić information content (AvgIpc) is 2.50. The first kappa shape index (κ1) is 9.52. The van der Waals surface area contributed by atoms with Gasteiger partial charge in [0.25, 0.3) is 0 Å². The summed E-state index contributed by atoms with van der Waals surface area (Å²) in [5.41, 5.74) is 1.12. The molecule has 2 unspecified atom stereocenters. The fourth-order valence-corrected chi connectivity index (χ4v) is 2.06. The van der Waals surface area contributed by atoms with E-state index in [0.29, 0.717) is 12.1 Å². The summed E-state index contributed by atoms with van der Waals surface area (Å²) in [4.78, 5) is 9.93. The van der Waals surface area contributed by atoms with E-state index in [4.69, 9.17) is 0 Å². The van der Waals surface area contributed by atoms with E-state index in [1.54, 1.807) is 0 Å². The first-order valence-electron chi connectivity index (χ1n) is 5.18. The maximum absolute atomic E-state index is 4.35. The molecule has 4 nitrogen and oxygen atoms in total. The van der Waals surface area contributed by atoms with Crippen molar-refractivity contribution in [2.75, 3.05) is 18.0 Å². The van der Waals surface area contributed by atoms with E-state index in [2.05, 4.69) is 34.0 Å². The van der Waals surface area contributed by atoms with Crippen LogP contribution >= 0.6 is 0 Å².